The molecule has 6 nitrogen and oxygen atoms in total. The Hall–Kier alpha value is -2.67. The average Bonchev–Trinajstić information content (AvgIpc) is 3.22. The first-order valence-electron chi connectivity index (χ1n) is 7.59. The lowest BCUT2D eigenvalue weighted by molar-refractivity contribution is 0.101. The van der Waals surface area contributed by atoms with Gasteiger partial charge in [0.1, 0.15) is 11.5 Å². The molecule has 0 aliphatic heterocycles. The van der Waals surface area contributed by atoms with Crippen molar-refractivity contribution in [3.63, 3.8) is 0 Å². The SMILES string of the molecule is CCCOc1ccc(-c2csc(NC(=O)c3cc(C)on3)n2)cc1. The van der Waals surface area contributed by atoms with E-state index in [9.17, 15) is 4.79 Å². The van der Waals surface area contributed by atoms with E-state index in [1.807, 2.05) is 29.6 Å². The number of aryl methyl sites for hydroxylation is 1. The molecule has 7 heteroatoms. The van der Waals surface area contributed by atoms with Crippen LogP contribution in [0.2, 0.25) is 0 Å². The molecule has 2 heterocycles. The van der Waals surface area contributed by atoms with Gasteiger partial charge in [-0.05, 0) is 37.6 Å². The fraction of sp³-hybridized carbons (Fsp3) is 0.235. The smallest absolute Gasteiger partial charge is 0.279 e. The molecule has 3 aromatic rings. The molecule has 3 rings (SSSR count). The summed E-state index contributed by atoms with van der Waals surface area (Å²) in [6, 6.07) is 9.32. The van der Waals surface area contributed by atoms with Gasteiger partial charge in [-0.15, -0.1) is 11.3 Å². The highest BCUT2D eigenvalue weighted by molar-refractivity contribution is 7.14. The first-order valence-corrected chi connectivity index (χ1v) is 8.47. The van der Waals surface area contributed by atoms with E-state index in [4.69, 9.17) is 9.26 Å². The lowest BCUT2D eigenvalue weighted by atomic mass is 10.2. The van der Waals surface area contributed by atoms with Crippen LogP contribution in [0, 0.1) is 6.92 Å². The standard InChI is InChI=1S/C17H17N3O3S/c1-3-8-22-13-6-4-12(5-7-13)15-10-24-17(18-15)19-16(21)14-9-11(2)23-20-14/h4-7,9-10H,3,8H2,1-2H3,(H,18,19,21). The minimum absolute atomic E-state index is 0.238. The molecule has 124 valence electrons. The number of aromatic nitrogens is 2. The Balaban J connectivity index is 1.67. The Morgan fingerprint density at radius 3 is 2.79 bits per heavy atom. The summed E-state index contributed by atoms with van der Waals surface area (Å²) in [5.74, 6) is 1.09. The van der Waals surface area contributed by atoms with E-state index in [0.717, 1.165) is 23.4 Å². The molecule has 24 heavy (non-hydrogen) atoms. The number of anilines is 1. The predicted octanol–water partition coefficient (Wildman–Crippen LogP) is 4.15. The van der Waals surface area contributed by atoms with Crippen LogP contribution in [0.3, 0.4) is 0 Å². The summed E-state index contributed by atoms with van der Waals surface area (Å²) in [6.45, 7) is 4.51. The van der Waals surface area contributed by atoms with Crippen LogP contribution in [0.4, 0.5) is 5.13 Å². The number of thiazole rings is 1. The topological polar surface area (TPSA) is 77.2 Å². The molecule has 2 aromatic heterocycles. The highest BCUT2D eigenvalue weighted by Crippen LogP contribution is 2.26. The minimum Gasteiger partial charge on any atom is -0.494 e. The lowest BCUT2D eigenvalue weighted by Gasteiger charge is -2.04. The Kier molecular flexibility index (Phi) is 4.90. The van der Waals surface area contributed by atoms with E-state index in [-0.39, 0.29) is 11.6 Å². The van der Waals surface area contributed by atoms with Gasteiger partial charge in [0.05, 0.1) is 12.3 Å². The van der Waals surface area contributed by atoms with Gasteiger partial charge in [-0.2, -0.15) is 0 Å². The maximum absolute atomic E-state index is 12.0. The normalized spacial score (nSPS) is 10.6. The molecule has 0 saturated heterocycles. The first-order chi connectivity index (χ1) is 11.7. The van der Waals surface area contributed by atoms with Gasteiger partial charge in [0.15, 0.2) is 10.8 Å². The molecular formula is C17H17N3O3S. The van der Waals surface area contributed by atoms with Gasteiger partial charge in [-0.25, -0.2) is 4.98 Å². The number of nitrogens with one attached hydrogen (secondary N) is 1. The summed E-state index contributed by atoms with van der Waals surface area (Å²) in [5, 5.41) is 8.82. The summed E-state index contributed by atoms with van der Waals surface area (Å²) < 4.78 is 10.5. The van der Waals surface area contributed by atoms with Crippen molar-refractivity contribution < 1.29 is 14.1 Å². The number of hydrogen-bond acceptors (Lipinski definition) is 6. The molecule has 0 aliphatic rings. The van der Waals surface area contributed by atoms with E-state index in [1.54, 1.807) is 13.0 Å². The number of carbonyl (C=O) groups is 1. The third-order valence-corrected chi connectivity index (χ3v) is 3.97. The second kappa shape index (κ2) is 7.27. The number of hydrogen-bond donors (Lipinski definition) is 1. The molecule has 0 aliphatic carbocycles. The van der Waals surface area contributed by atoms with Crippen LogP contribution >= 0.6 is 11.3 Å². The molecule has 1 N–H and O–H groups in total. The monoisotopic (exact) mass is 343 g/mol. The van der Waals surface area contributed by atoms with Crippen LogP contribution in [0.15, 0.2) is 40.2 Å². The van der Waals surface area contributed by atoms with Gasteiger partial charge in [0.25, 0.3) is 5.91 Å². The second-order valence-electron chi connectivity index (χ2n) is 5.19. The van der Waals surface area contributed by atoms with Gasteiger partial charge in [-0.1, -0.05) is 12.1 Å². The fourth-order valence-corrected chi connectivity index (χ4v) is 2.75. The van der Waals surface area contributed by atoms with Crippen molar-refractivity contribution in [3.05, 3.63) is 47.2 Å². The van der Waals surface area contributed by atoms with Crippen molar-refractivity contribution in [1.82, 2.24) is 10.1 Å². The molecule has 0 unspecified atom stereocenters. The first kappa shape index (κ1) is 16.2. The van der Waals surface area contributed by atoms with Crippen LogP contribution in [0.5, 0.6) is 5.75 Å². The zero-order chi connectivity index (χ0) is 16.9. The van der Waals surface area contributed by atoms with Crippen molar-refractivity contribution in [2.24, 2.45) is 0 Å². The van der Waals surface area contributed by atoms with Gasteiger partial charge in [0, 0.05) is 17.0 Å². The quantitative estimate of drug-likeness (QED) is 0.727. The maximum Gasteiger partial charge on any atom is 0.279 e. The summed E-state index contributed by atoms with van der Waals surface area (Å²) in [7, 11) is 0. The number of benzene rings is 1. The molecule has 1 aromatic carbocycles. The van der Waals surface area contributed by atoms with Crippen LogP contribution < -0.4 is 10.1 Å². The molecule has 0 atom stereocenters. The van der Waals surface area contributed by atoms with Crippen molar-refractivity contribution in [3.8, 4) is 17.0 Å². The van der Waals surface area contributed by atoms with Crippen LogP contribution in [0.25, 0.3) is 11.3 Å². The highest BCUT2D eigenvalue weighted by atomic mass is 32.1. The summed E-state index contributed by atoms with van der Waals surface area (Å²) in [6.07, 6.45) is 0.974. The lowest BCUT2D eigenvalue weighted by Crippen LogP contribution is -2.11. The minimum atomic E-state index is -0.337. The molecule has 0 saturated carbocycles. The molecule has 0 fully saturated rings. The maximum atomic E-state index is 12.0. The van der Waals surface area contributed by atoms with Gasteiger partial charge >= 0.3 is 0 Å². The number of nitrogens with zero attached hydrogens (tertiary/aromatic N) is 2. The largest absolute Gasteiger partial charge is 0.494 e. The zero-order valence-corrected chi connectivity index (χ0v) is 14.2. The Morgan fingerprint density at radius 2 is 2.12 bits per heavy atom. The van der Waals surface area contributed by atoms with Crippen molar-refractivity contribution in [1.29, 1.82) is 0 Å². The molecule has 0 bridgehead atoms. The second-order valence-corrected chi connectivity index (χ2v) is 6.05. The van der Waals surface area contributed by atoms with Crippen LogP contribution in [0.1, 0.15) is 29.6 Å². The van der Waals surface area contributed by atoms with E-state index in [0.29, 0.717) is 17.5 Å². The fourth-order valence-electron chi connectivity index (χ4n) is 2.04. The summed E-state index contributed by atoms with van der Waals surface area (Å²) in [5.41, 5.74) is 2.00. The van der Waals surface area contributed by atoms with Crippen molar-refractivity contribution in [2.45, 2.75) is 20.3 Å². The van der Waals surface area contributed by atoms with Gasteiger partial charge < -0.3 is 9.26 Å². The van der Waals surface area contributed by atoms with Crippen LogP contribution in [-0.2, 0) is 0 Å². The van der Waals surface area contributed by atoms with E-state index in [2.05, 4.69) is 22.4 Å². The number of ether oxygens (including phenoxy) is 1. The van der Waals surface area contributed by atoms with E-state index in [1.165, 1.54) is 11.3 Å². The summed E-state index contributed by atoms with van der Waals surface area (Å²) >= 11 is 1.36. The summed E-state index contributed by atoms with van der Waals surface area (Å²) in [4.78, 5) is 16.5. The highest BCUT2D eigenvalue weighted by Gasteiger charge is 2.13. The van der Waals surface area contributed by atoms with Gasteiger partial charge in [0.2, 0.25) is 0 Å². The Labute approximate surface area is 143 Å². The molecule has 0 radical (unpaired) electrons. The Morgan fingerprint density at radius 1 is 1.33 bits per heavy atom. The number of amides is 1. The predicted molar refractivity (Wildman–Crippen MR) is 92.5 cm³/mol. The van der Waals surface area contributed by atoms with Gasteiger partial charge in [-0.3, -0.25) is 10.1 Å². The van der Waals surface area contributed by atoms with Crippen molar-refractivity contribution >= 4 is 22.4 Å². The third-order valence-electron chi connectivity index (χ3n) is 3.21. The van der Waals surface area contributed by atoms with E-state index >= 15 is 0 Å². The zero-order valence-electron chi connectivity index (χ0n) is 13.4. The molecule has 0 spiro atoms. The average molecular weight is 343 g/mol. The third kappa shape index (κ3) is 3.80. The number of carbonyl (C=O) groups excluding carboxylic acids is 1. The van der Waals surface area contributed by atoms with Crippen molar-refractivity contribution in [2.75, 3.05) is 11.9 Å². The number of rotatable bonds is 6. The molecular weight excluding hydrogens is 326 g/mol. The van der Waals surface area contributed by atoms with Crippen LogP contribution in [-0.4, -0.2) is 22.7 Å². The van der Waals surface area contributed by atoms with E-state index < -0.39 is 0 Å². The molecule has 1 amide bonds. The Bertz CT molecular complexity index is 824.